The first-order valence-electron chi connectivity index (χ1n) is 3.69. The summed E-state index contributed by atoms with van der Waals surface area (Å²) in [7, 11) is 5.35. The zero-order valence-corrected chi connectivity index (χ0v) is 6.88. The maximum atomic E-state index is 13.2. The largest absolute Gasteiger partial charge is 0.274 e. The minimum Gasteiger partial charge on any atom is -0.274 e. The molecular weight excluding hydrogens is 173 g/mol. The molecule has 0 atom stereocenters. The molecule has 0 bridgehead atoms. The molecule has 2 rings (SSSR count). The molecule has 0 saturated heterocycles. The normalized spacial score (nSPS) is 11.0. The van der Waals surface area contributed by atoms with E-state index < -0.39 is 11.8 Å². The molecule has 5 heteroatoms. The van der Waals surface area contributed by atoms with E-state index in [0.717, 1.165) is 10.5 Å². The van der Waals surface area contributed by atoms with Crippen LogP contribution in [0.1, 0.15) is 5.69 Å². The Morgan fingerprint density at radius 1 is 1.46 bits per heavy atom. The first kappa shape index (κ1) is 8.22. The lowest BCUT2D eigenvalue weighted by Gasteiger charge is -1.97. The fourth-order valence-electron chi connectivity index (χ4n) is 1.21. The number of rotatable bonds is 0. The van der Waals surface area contributed by atoms with Crippen LogP contribution in [0.15, 0.2) is 12.3 Å². The van der Waals surface area contributed by atoms with E-state index in [1.54, 1.807) is 0 Å². The molecular formula is C8H5BF2N2. The lowest BCUT2D eigenvalue weighted by molar-refractivity contribution is 0.559. The molecule has 2 heterocycles. The number of aromatic nitrogens is 2. The second-order valence-electron chi connectivity index (χ2n) is 2.80. The van der Waals surface area contributed by atoms with Crippen LogP contribution in [0, 0.1) is 18.7 Å². The topological polar surface area (TPSA) is 17.3 Å². The maximum absolute atomic E-state index is 13.2. The maximum Gasteiger partial charge on any atom is 0.220 e. The van der Waals surface area contributed by atoms with Crippen molar-refractivity contribution < 1.29 is 8.78 Å². The number of halogens is 2. The van der Waals surface area contributed by atoms with Crippen LogP contribution in [0.4, 0.5) is 8.78 Å². The first-order chi connectivity index (χ1) is 6.09. The zero-order chi connectivity index (χ0) is 9.59. The first-order valence-corrected chi connectivity index (χ1v) is 3.69. The Balaban J connectivity index is 2.94. The van der Waals surface area contributed by atoms with Gasteiger partial charge in [0.05, 0.1) is 5.69 Å². The quantitative estimate of drug-likeness (QED) is 0.543. The molecule has 2 aromatic heterocycles. The van der Waals surface area contributed by atoms with Gasteiger partial charge in [-0.2, -0.15) is 4.39 Å². The van der Waals surface area contributed by atoms with Gasteiger partial charge in [0.1, 0.15) is 7.85 Å². The number of aryl methyl sites for hydroxylation is 1. The van der Waals surface area contributed by atoms with Crippen LogP contribution in [0.2, 0.25) is 0 Å². The number of nitrogens with zero attached hydrogens (tertiary/aromatic N) is 2. The van der Waals surface area contributed by atoms with Crippen molar-refractivity contribution in [2.24, 2.45) is 0 Å². The SMILES string of the molecule is [B]c1cc(F)c2nc(C)c(F)n2c1. The summed E-state index contributed by atoms with van der Waals surface area (Å²) in [6.07, 6.45) is 1.30. The highest BCUT2D eigenvalue weighted by Crippen LogP contribution is 2.11. The van der Waals surface area contributed by atoms with Crippen molar-refractivity contribution >= 4 is 19.0 Å². The molecule has 64 valence electrons. The molecule has 2 radical (unpaired) electrons. The summed E-state index contributed by atoms with van der Waals surface area (Å²) >= 11 is 0. The molecule has 0 aliphatic rings. The predicted molar refractivity (Wildman–Crippen MR) is 45.2 cm³/mol. The molecule has 0 saturated carbocycles. The van der Waals surface area contributed by atoms with Crippen LogP contribution < -0.4 is 5.46 Å². The second-order valence-corrected chi connectivity index (χ2v) is 2.80. The minimum atomic E-state index is -0.619. The summed E-state index contributed by atoms with van der Waals surface area (Å²) < 4.78 is 27.3. The molecule has 0 aliphatic carbocycles. The molecule has 2 aromatic rings. The number of fused-ring (bicyclic) bond motifs is 1. The van der Waals surface area contributed by atoms with Gasteiger partial charge >= 0.3 is 0 Å². The summed E-state index contributed by atoms with van der Waals surface area (Å²) in [5.74, 6) is -1.20. The van der Waals surface area contributed by atoms with Gasteiger partial charge in [-0.15, -0.1) is 0 Å². The molecule has 0 fully saturated rings. The molecule has 0 aliphatic heterocycles. The molecule has 2 nitrogen and oxygen atoms in total. The number of pyridine rings is 1. The highest BCUT2D eigenvalue weighted by Gasteiger charge is 2.11. The van der Waals surface area contributed by atoms with Crippen molar-refractivity contribution in [2.75, 3.05) is 0 Å². The van der Waals surface area contributed by atoms with Crippen LogP contribution in [0.5, 0.6) is 0 Å². The van der Waals surface area contributed by atoms with Gasteiger partial charge in [-0.05, 0) is 13.0 Å². The smallest absolute Gasteiger partial charge is 0.220 e. The Morgan fingerprint density at radius 2 is 2.15 bits per heavy atom. The molecule has 0 amide bonds. The lowest BCUT2D eigenvalue weighted by atomic mass is 9.99. The average Bonchev–Trinajstić information content (AvgIpc) is 2.32. The second kappa shape index (κ2) is 2.55. The van der Waals surface area contributed by atoms with Gasteiger partial charge < -0.3 is 0 Å². The van der Waals surface area contributed by atoms with Crippen molar-refractivity contribution in [1.29, 1.82) is 0 Å². The Hall–Kier alpha value is -1.39. The van der Waals surface area contributed by atoms with E-state index >= 15 is 0 Å². The van der Waals surface area contributed by atoms with Gasteiger partial charge in [0.25, 0.3) is 0 Å². The van der Waals surface area contributed by atoms with Gasteiger partial charge in [-0.3, -0.25) is 4.40 Å². The van der Waals surface area contributed by atoms with E-state index in [2.05, 4.69) is 4.98 Å². The number of imidazole rings is 1. The minimum absolute atomic E-state index is 0.0378. The highest BCUT2D eigenvalue weighted by molar-refractivity contribution is 6.32. The third-order valence-corrected chi connectivity index (χ3v) is 1.80. The van der Waals surface area contributed by atoms with E-state index in [-0.39, 0.29) is 16.8 Å². The van der Waals surface area contributed by atoms with E-state index in [9.17, 15) is 8.78 Å². The molecule has 0 spiro atoms. The third kappa shape index (κ3) is 1.11. The zero-order valence-electron chi connectivity index (χ0n) is 6.88. The third-order valence-electron chi connectivity index (χ3n) is 1.80. The van der Waals surface area contributed by atoms with Crippen molar-refractivity contribution in [3.8, 4) is 0 Å². The van der Waals surface area contributed by atoms with Crippen molar-refractivity contribution in [1.82, 2.24) is 9.38 Å². The predicted octanol–water partition coefficient (Wildman–Crippen LogP) is 0.715. The van der Waals surface area contributed by atoms with Crippen LogP contribution in [-0.2, 0) is 0 Å². The average molecular weight is 178 g/mol. The molecule has 0 aromatic carbocycles. The summed E-state index contributed by atoms with van der Waals surface area (Å²) in [5.41, 5.74) is 0.287. The molecule has 0 N–H and O–H groups in total. The molecule has 13 heavy (non-hydrogen) atoms. The van der Waals surface area contributed by atoms with E-state index in [4.69, 9.17) is 7.85 Å². The van der Waals surface area contributed by atoms with Crippen molar-refractivity contribution in [2.45, 2.75) is 6.92 Å². The van der Waals surface area contributed by atoms with Gasteiger partial charge in [0.2, 0.25) is 5.95 Å². The fourth-order valence-corrected chi connectivity index (χ4v) is 1.21. The Morgan fingerprint density at radius 3 is 2.85 bits per heavy atom. The van der Waals surface area contributed by atoms with Crippen LogP contribution in [0.3, 0.4) is 0 Å². The van der Waals surface area contributed by atoms with Crippen molar-refractivity contribution in [3.05, 3.63) is 29.7 Å². The Kier molecular flexibility index (Phi) is 1.61. The Labute approximate surface area is 74.6 Å². The lowest BCUT2D eigenvalue weighted by Crippen LogP contribution is -2.08. The van der Waals surface area contributed by atoms with Crippen LogP contribution in [0.25, 0.3) is 5.65 Å². The summed E-state index contributed by atoms with van der Waals surface area (Å²) in [6.45, 7) is 1.47. The fraction of sp³-hybridized carbons (Fsp3) is 0.125. The summed E-state index contributed by atoms with van der Waals surface area (Å²) in [5, 5.41) is 0. The highest BCUT2D eigenvalue weighted by atomic mass is 19.1. The van der Waals surface area contributed by atoms with Gasteiger partial charge in [-0.1, -0.05) is 5.46 Å². The number of hydrogen-bond donors (Lipinski definition) is 0. The van der Waals surface area contributed by atoms with E-state index in [1.807, 2.05) is 0 Å². The van der Waals surface area contributed by atoms with Gasteiger partial charge in [0.15, 0.2) is 11.5 Å². The Bertz CT molecular complexity index is 478. The standard InChI is InChI=1S/C8H5BF2N2/c1-4-7(11)13-3-5(9)2-6(10)8(13)12-4/h2-3H,1H3. The monoisotopic (exact) mass is 178 g/mol. The van der Waals surface area contributed by atoms with Gasteiger partial charge in [0, 0.05) is 6.20 Å². The van der Waals surface area contributed by atoms with E-state index in [1.165, 1.54) is 13.1 Å². The van der Waals surface area contributed by atoms with Crippen molar-refractivity contribution in [3.63, 3.8) is 0 Å². The van der Waals surface area contributed by atoms with Crippen LogP contribution >= 0.6 is 0 Å². The van der Waals surface area contributed by atoms with E-state index in [0.29, 0.717) is 0 Å². The van der Waals surface area contributed by atoms with Gasteiger partial charge in [-0.25, -0.2) is 9.37 Å². The van der Waals surface area contributed by atoms with Crippen LogP contribution in [-0.4, -0.2) is 17.2 Å². The summed E-state index contributed by atoms with van der Waals surface area (Å²) in [6, 6.07) is 1.11. The summed E-state index contributed by atoms with van der Waals surface area (Å²) in [4.78, 5) is 3.71. The molecule has 0 unspecified atom stereocenters. The number of hydrogen-bond acceptors (Lipinski definition) is 1.